The largest absolute Gasteiger partial charge is 0.337 e. The molecule has 1 atom stereocenters. The third kappa shape index (κ3) is 3.95. The minimum absolute atomic E-state index is 0. The number of carbonyl (C=O) groups is 1. The molecule has 0 bridgehead atoms. The first-order valence-electron chi connectivity index (χ1n) is 6.79. The summed E-state index contributed by atoms with van der Waals surface area (Å²) in [7, 11) is 1.90. The quantitative estimate of drug-likeness (QED) is 0.920. The van der Waals surface area contributed by atoms with Crippen LogP contribution in [0.4, 0.5) is 0 Å². The summed E-state index contributed by atoms with van der Waals surface area (Å²) in [5.74, 6) is 0.131. The van der Waals surface area contributed by atoms with Gasteiger partial charge in [-0.15, -0.1) is 12.4 Å². The lowest BCUT2D eigenvalue weighted by molar-refractivity contribution is 0.0744. The van der Waals surface area contributed by atoms with Crippen LogP contribution in [-0.2, 0) is 6.42 Å². The van der Waals surface area contributed by atoms with Gasteiger partial charge in [0, 0.05) is 25.2 Å². The van der Waals surface area contributed by atoms with Crippen LogP contribution >= 0.6 is 12.4 Å². The highest BCUT2D eigenvalue weighted by molar-refractivity contribution is 5.94. The van der Waals surface area contributed by atoms with E-state index >= 15 is 0 Å². The topological polar surface area (TPSA) is 32.3 Å². The fourth-order valence-electron chi connectivity index (χ4n) is 2.44. The maximum absolute atomic E-state index is 12.3. The molecule has 1 amide bonds. The molecule has 3 nitrogen and oxygen atoms in total. The van der Waals surface area contributed by atoms with Crippen LogP contribution in [-0.4, -0.2) is 37.0 Å². The predicted molar refractivity (Wildman–Crippen MR) is 81.1 cm³/mol. The van der Waals surface area contributed by atoms with Crippen molar-refractivity contribution in [3.63, 3.8) is 0 Å². The number of rotatable bonds is 4. The smallest absolute Gasteiger partial charge is 0.253 e. The molecule has 1 heterocycles. The molecule has 1 aliphatic rings. The van der Waals surface area contributed by atoms with E-state index in [2.05, 4.69) is 24.4 Å². The summed E-state index contributed by atoms with van der Waals surface area (Å²) in [5, 5.41) is 3.29. The van der Waals surface area contributed by atoms with Crippen LogP contribution in [0, 0.1) is 0 Å². The Morgan fingerprint density at radius 3 is 2.58 bits per heavy atom. The molecule has 0 aromatic heterocycles. The van der Waals surface area contributed by atoms with Crippen LogP contribution in [0.1, 0.15) is 35.7 Å². The van der Waals surface area contributed by atoms with Gasteiger partial charge in [-0.3, -0.25) is 4.79 Å². The SMILES string of the molecule is CCCc1ccc(C(=O)N(C)C2CCNC2)cc1.Cl. The zero-order chi connectivity index (χ0) is 13.0. The van der Waals surface area contributed by atoms with E-state index in [4.69, 9.17) is 0 Å². The van der Waals surface area contributed by atoms with E-state index in [1.165, 1.54) is 5.56 Å². The average Bonchev–Trinajstić information content (AvgIpc) is 2.92. The van der Waals surface area contributed by atoms with Gasteiger partial charge in [0.25, 0.3) is 5.91 Å². The van der Waals surface area contributed by atoms with Crippen molar-refractivity contribution in [2.45, 2.75) is 32.2 Å². The van der Waals surface area contributed by atoms with E-state index in [-0.39, 0.29) is 18.3 Å². The number of hydrogen-bond donors (Lipinski definition) is 1. The number of hydrogen-bond acceptors (Lipinski definition) is 2. The number of aryl methyl sites for hydroxylation is 1. The first kappa shape index (κ1) is 16.0. The van der Waals surface area contributed by atoms with Crippen LogP contribution in [0.3, 0.4) is 0 Å². The normalized spacial score (nSPS) is 17.9. The maximum atomic E-state index is 12.3. The average molecular weight is 283 g/mol. The molecule has 1 unspecified atom stereocenters. The number of benzene rings is 1. The van der Waals surface area contributed by atoms with E-state index in [0.717, 1.165) is 37.9 Å². The van der Waals surface area contributed by atoms with Gasteiger partial charge in [0.05, 0.1) is 0 Å². The predicted octanol–water partition coefficient (Wildman–Crippen LogP) is 2.49. The highest BCUT2D eigenvalue weighted by Crippen LogP contribution is 2.13. The molecule has 19 heavy (non-hydrogen) atoms. The van der Waals surface area contributed by atoms with Crippen LogP contribution < -0.4 is 5.32 Å². The van der Waals surface area contributed by atoms with E-state index < -0.39 is 0 Å². The fraction of sp³-hybridized carbons (Fsp3) is 0.533. The van der Waals surface area contributed by atoms with E-state index in [9.17, 15) is 4.79 Å². The molecule has 106 valence electrons. The lowest BCUT2D eigenvalue weighted by Crippen LogP contribution is -2.38. The monoisotopic (exact) mass is 282 g/mol. The van der Waals surface area contributed by atoms with Crippen LogP contribution in [0.15, 0.2) is 24.3 Å². The third-order valence-corrected chi connectivity index (χ3v) is 3.64. The van der Waals surface area contributed by atoms with Gasteiger partial charge in [0.15, 0.2) is 0 Å². The van der Waals surface area contributed by atoms with Crippen molar-refractivity contribution in [3.8, 4) is 0 Å². The summed E-state index contributed by atoms with van der Waals surface area (Å²) >= 11 is 0. The molecule has 2 rings (SSSR count). The molecule has 0 aliphatic carbocycles. The van der Waals surface area contributed by atoms with Gasteiger partial charge < -0.3 is 10.2 Å². The number of halogens is 1. The van der Waals surface area contributed by atoms with Gasteiger partial charge in [-0.05, 0) is 37.1 Å². The Hall–Kier alpha value is -1.06. The number of nitrogens with one attached hydrogen (secondary N) is 1. The second-order valence-electron chi connectivity index (χ2n) is 5.01. The van der Waals surface area contributed by atoms with E-state index in [1.54, 1.807) is 0 Å². The molecule has 0 saturated carbocycles. The zero-order valence-electron chi connectivity index (χ0n) is 11.7. The summed E-state index contributed by atoms with van der Waals surface area (Å²) in [6.07, 6.45) is 3.27. The summed E-state index contributed by atoms with van der Waals surface area (Å²) in [6.45, 7) is 4.09. The lowest BCUT2D eigenvalue weighted by Gasteiger charge is -2.23. The Balaban J connectivity index is 0.00000180. The standard InChI is InChI=1S/C15H22N2O.ClH/c1-3-4-12-5-7-13(8-6-12)15(18)17(2)14-9-10-16-11-14;/h5-8,14,16H,3-4,9-11H2,1-2H3;1H. The summed E-state index contributed by atoms with van der Waals surface area (Å²) < 4.78 is 0. The Morgan fingerprint density at radius 2 is 2.05 bits per heavy atom. The number of nitrogens with zero attached hydrogens (tertiary/aromatic N) is 1. The second kappa shape index (κ2) is 7.51. The number of likely N-dealkylation sites (N-methyl/N-ethyl adjacent to an activating group) is 1. The molecule has 0 spiro atoms. The highest BCUT2D eigenvalue weighted by atomic mass is 35.5. The summed E-state index contributed by atoms with van der Waals surface area (Å²) in [4.78, 5) is 14.2. The number of carbonyl (C=O) groups excluding carboxylic acids is 1. The second-order valence-corrected chi connectivity index (χ2v) is 5.01. The Labute approximate surface area is 121 Å². The minimum atomic E-state index is 0. The van der Waals surface area contributed by atoms with Crippen molar-refractivity contribution < 1.29 is 4.79 Å². The van der Waals surface area contributed by atoms with Gasteiger partial charge in [-0.1, -0.05) is 25.5 Å². The molecule has 1 aliphatic heterocycles. The summed E-state index contributed by atoms with van der Waals surface area (Å²) in [5.41, 5.74) is 2.10. The molecule has 1 saturated heterocycles. The highest BCUT2D eigenvalue weighted by Gasteiger charge is 2.23. The minimum Gasteiger partial charge on any atom is -0.337 e. The Bertz CT molecular complexity index is 399. The zero-order valence-corrected chi connectivity index (χ0v) is 12.5. The van der Waals surface area contributed by atoms with Gasteiger partial charge in [0.2, 0.25) is 0 Å². The van der Waals surface area contributed by atoms with Gasteiger partial charge in [-0.25, -0.2) is 0 Å². The Kier molecular flexibility index (Phi) is 6.32. The molecule has 1 N–H and O–H groups in total. The van der Waals surface area contributed by atoms with Crippen molar-refractivity contribution in [2.75, 3.05) is 20.1 Å². The molecule has 1 aromatic rings. The lowest BCUT2D eigenvalue weighted by atomic mass is 10.1. The maximum Gasteiger partial charge on any atom is 0.253 e. The molecule has 4 heteroatoms. The van der Waals surface area contributed by atoms with E-state index in [1.807, 2.05) is 24.1 Å². The van der Waals surface area contributed by atoms with Gasteiger partial charge >= 0.3 is 0 Å². The molecule has 0 radical (unpaired) electrons. The van der Waals surface area contributed by atoms with Crippen molar-refractivity contribution in [2.24, 2.45) is 0 Å². The van der Waals surface area contributed by atoms with Crippen LogP contribution in [0.5, 0.6) is 0 Å². The third-order valence-electron chi connectivity index (χ3n) is 3.64. The van der Waals surface area contributed by atoms with Crippen LogP contribution in [0.25, 0.3) is 0 Å². The first-order chi connectivity index (χ1) is 8.72. The fourth-order valence-corrected chi connectivity index (χ4v) is 2.44. The van der Waals surface area contributed by atoms with E-state index in [0.29, 0.717) is 6.04 Å². The molecular formula is C15H23ClN2O. The van der Waals surface area contributed by atoms with Crippen molar-refractivity contribution >= 4 is 18.3 Å². The molecular weight excluding hydrogens is 260 g/mol. The van der Waals surface area contributed by atoms with Crippen molar-refractivity contribution in [1.82, 2.24) is 10.2 Å². The van der Waals surface area contributed by atoms with Gasteiger partial charge in [-0.2, -0.15) is 0 Å². The molecule has 1 aromatic carbocycles. The van der Waals surface area contributed by atoms with Crippen LogP contribution in [0.2, 0.25) is 0 Å². The summed E-state index contributed by atoms with van der Waals surface area (Å²) in [6, 6.07) is 8.38. The first-order valence-corrected chi connectivity index (χ1v) is 6.79. The number of amides is 1. The van der Waals surface area contributed by atoms with Gasteiger partial charge in [0.1, 0.15) is 0 Å². The van der Waals surface area contributed by atoms with Crippen molar-refractivity contribution in [1.29, 1.82) is 0 Å². The molecule has 1 fully saturated rings. The van der Waals surface area contributed by atoms with Crippen molar-refractivity contribution in [3.05, 3.63) is 35.4 Å². The Morgan fingerprint density at radius 1 is 1.37 bits per heavy atom.